The van der Waals surface area contributed by atoms with Gasteiger partial charge in [-0.3, -0.25) is 9.59 Å². The lowest BCUT2D eigenvalue weighted by Gasteiger charge is -2.27. The summed E-state index contributed by atoms with van der Waals surface area (Å²) in [7, 11) is 0. The smallest absolute Gasteiger partial charge is 0.323 e. The van der Waals surface area contributed by atoms with Crippen molar-refractivity contribution in [2.45, 2.75) is 53.4 Å². The number of para-hydroxylation sites is 1. The highest BCUT2D eigenvalue weighted by atomic mass is 16.4. The molecule has 0 aromatic heterocycles. The predicted molar refractivity (Wildman–Crippen MR) is 150 cm³/mol. The molecule has 2 aromatic carbocycles. The van der Waals surface area contributed by atoms with Crippen LogP contribution in [0.5, 0.6) is 17.2 Å². The maximum absolute atomic E-state index is 13.7. The number of hydrogen-bond donors (Lipinski definition) is 4. The van der Waals surface area contributed by atoms with Crippen molar-refractivity contribution >= 4 is 28.9 Å². The monoisotopic (exact) mass is 520 g/mol. The molecule has 0 unspecified atom stereocenters. The summed E-state index contributed by atoms with van der Waals surface area (Å²) in [6, 6.07) is 6.75. The molecule has 8 nitrogen and oxygen atoms in total. The number of anilines is 3. The average molecular weight is 521 g/mol. The maximum atomic E-state index is 13.7. The van der Waals surface area contributed by atoms with E-state index in [4.69, 9.17) is 0 Å². The van der Waals surface area contributed by atoms with Crippen LogP contribution in [0.1, 0.15) is 63.7 Å². The molecule has 2 aromatic rings. The standard InChI is InChI=1S/C30H36N2O6/c1-19(2)8-5-9-20(3)10-6-11-21(4)14-15-31-24-16-22(33)17-26(35)29(24)32(18-27(36)37)28-23(30(31)38)12-7-13-25(28)34/h7-8,10,12-14,16-17,33-35H,5-6,9,11,15,18H2,1-4H3,(H,36,37). The number of aromatic hydroxyl groups is 3. The highest BCUT2D eigenvalue weighted by Gasteiger charge is 2.35. The minimum absolute atomic E-state index is 0.0137. The molecule has 1 aliphatic rings. The number of carbonyl (C=O) groups excluding carboxylic acids is 1. The number of nitrogens with zero attached hydrogens (tertiary/aromatic N) is 2. The molecular formula is C30H36N2O6. The molecule has 0 saturated heterocycles. The van der Waals surface area contributed by atoms with Crippen molar-refractivity contribution in [1.82, 2.24) is 0 Å². The summed E-state index contributed by atoms with van der Waals surface area (Å²) in [5, 5.41) is 41.2. The summed E-state index contributed by atoms with van der Waals surface area (Å²) >= 11 is 0. The number of benzene rings is 2. The van der Waals surface area contributed by atoms with E-state index in [9.17, 15) is 30.0 Å². The van der Waals surface area contributed by atoms with Crippen LogP contribution in [0.25, 0.3) is 0 Å². The molecule has 202 valence electrons. The third kappa shape index (κ3) is 6.76. The molecule has 4 N–H and O–H groups in total. The van der Waals surface area contributed by atoms with E-state index in [2.05, 4.69) is 32.9 Å². The number of carboxylic acids is 1. The number of hydrogen-bond acceptors (Lipinski definition) is 6. The lowest BCUT2D eigenvalue weighted by Crippen LogP contribution is -2.30. The summed E-state index contributed by atoms with van der Waals surface area (Å²) in [5.41, 5.74) is 3.92. The van der Waals surface area contributed by atoms with Gasteiger partial charge in [-0.05, 0) is 65.5 Å². The summed E-state index contributed by atoms with van der Waals surface area (Å²) in [5.74, 6) is -2.70. The normalized spacial score (nSPS) is 13.6. The highest BCUT2D eigenvalue weighted by molar-refractivity contribution is 6.16. The number of carbonyl (C=O) groups is 2. The van der Waals surface area contributed by atoms with Crippen LogP contribution in [0.3, 0.4) is 0 Å². The Morgan fingerprint density at radius 2 is 1.50 bits per heavy atom. The molecule has 38 heavy (non-hydrogen) atoms. The van der Waals surface area contributed by atoms with Crippen LogP contribution in [-0.4, -0.2) is 45.4 Å². The Labute approximate surface area is 223 Å². The summed E-state index contributed by atoms with van der Waals surface area (Å²) < 4.78 is 0. The minimum Gasteiger partial charge on any atom is -0.508 e. The lowest BCUT2D eigenvalue weighted by atomic mass is 10.1. The number of phenolic OH excluding ortho intramolecular Hbond substituents is 3. The first kappa shape index (κ1) is 28.4. The van der Waals surface area contributed by atoms with E-state index in [0.29, 0.717) is 0 Å². The van der Waals surface area contributed by atoms with Gasteiger partial charge in [-0.1, -0.05) is 41.0 Å². The van der Waals surface area contributed by atoms with Crippen molar-refractivity contribution in [1.29, 1.82) is 0 Å². The fourth-order valence-corrected chi connectivity index (χ4v) is 4.49. The molecule has 1 heterocycles. The summed E-state index contributed by atoms with van der Waals surface area (Å²) in [6.07, 6.45) is 10.0. The molecular weight excluding hydrogens is 484 g/mol. The molecule has 0 fully saturated rings. The number of fused-ring (bicyclic) bond motifs is 2. The van der Waals surface area contributed by atoms with E-state index in [-0.39, 0.29) is 40.7 Å². The van der Waals surface area contributed by atoms with Gasteiger partial charge in [-0.25, -0.2) is 0 Å². The van der Waals surface area contributed by atoms with Gasteiger partial charge in [-0.15, -0.1) is 0 Å². The second kappa shape index (κ2) is 12.4. The first-order valence-electron chi connectivity index (χ1n) is 12.6. The second-order valence-electron chi connectivity index (χ2n) is 9.86. The minimum atomic E-state index is -1.22. The second-order valence-corrected chi connectivity index (χ2v) is 9.86. The van der Waals surface area contributed by atoms with Gasteiger partial charge < -0.3 is 30.2 Å². The predicted octanol–water partition coefficient (Wildman–Crippen LogP) is 6.41. The Morgan fingerprint density at radius 3 is 2.16 bits per heavy atom. The third-order valence-corrected chi connectivity index (χ3v) is 6.41. The van der Waals surface area contributed by atoms with Crippen LogP contribution in [0.15, 0.2) is 65.3 Å². The molecule has 0 saturated carbocycles. The van der Waals surface area contributed by atoms with Crippen molar-refractivity contribution in [2.24, 2.45) is 0 Å². The number of allylic oxidation sites excluding steroid dienone is 5. The largest absolute Gasteiger partial charge is 0.508 e. The van der Waals surface area contributed by atoms with Gasteiger partial charge in [0.2, 0.25) is 0 Å². The topological polar surface area (TPSA) is 122 Å². The molecule has 0 atom stereocenters. The van der Waals surface area contributed by atoms with Crippen LogP contribution in [0, 0.1) is 0 Å². The Hall–Kier alpha value is -4.20. The molecule has 1 aliphatic heterocycles. The lowest BCUT2D eigenvalue weighted by molar-refractivity contribution is -0.135. The van der Waals surface area contributed by atoms with Crippen LogP contribution in [0.2, 0.25) is 0 Å². The van der Waals surface area contributed by atoms with Gasteiger partial charge in [0.1, 0.15) is 29.5 Å². The van der Waals surface area contributed by atoms with E-state index < -0.39 is 24.2 Å². The fraction of sp³-hybridized carbons (Fsp3) is 0.333. The Morgan fingerprint density at radius 1 is 0.842 bits per heavy atom. The highest BCUT2D eigenvalue weighted by Crippen LogP contribution is 2.49. The number of carboxylic acid groups (broad SMARTS) is 1. The number of amides is 1. The van der Waals surface area contributed by atoms with Gasteiger partial charge in [0.15, 0.2) is 0 Å². The van der Waals surface area contributed by atoms with Gasteiger partial charge in [0.05, 0.1) is 16.9 Å². The van der Waals surface area contributed by atoms with Gasteiger partial charge >= 0.3 is 5.97 Å². The molecule has 3 rings (SSSR count). The summed E-state index contributed by atoms with van der Waals surface area (Å²) in [6.45, 7) is 7.79. The number of aliphatic carboxylic acids is 1. The Bertz CT molecular complexity index is 1300. The van der Waals surface area contributed by atoms with Crippen molar-refractivity contribution in [3.8, 4) is 17.2 Å². The molecule has 0 radical (unpaired) electrons. The van der Waals surface area contributed by atoms with Crippen molar-refractivity contribution < 1.29 is 30.0 Å². The van der Waals surface area contributed by atoms with E-state index in [0.717, 1.165) is 37.3 Å². The van der Waals surface area contributed by atoms with Gasteiger partial charge in [-0.2, -0.15) is 0 Å². The average Bonchev–Trinajstić information content (AvgIpc) is 2.91. The van der Waals surface area contributed by atoms with E-state index in [1.807, 2.05) is 13.0 Å². The zero-order valence-corrected chi connectivity index (χ0v) is 22.4. The zero-order valence-electron chi connectivity index (χ0n) is 22.4. The zero-order chi connectivity index (χ0) is 28.0. The fourth-order valence-electron chi connectivity index (χ4n) is 4.49. The maximum Gasteiger partial charge on any atom is 0.323 e. The third-order valence-electron chi connectivity index (χ3n) is 6.41. The van der Waals surface area contributed by atoms with E-state index in [1.165, 1.54) is 45.2 Å². The van der Waals surface area contributed by atoms with Gasteiger partial charge in [0, 0.05) is 18.7 Å². The summed E-state index contributed by atoms with van der Waals surface area (Å²) in [4.78, 5) is 28.0. The Balaban J connectivity index is 1.93. The first-order valence-corrected chi connectivity index (χ1v) is 12.6. The van der Waals surface area contributed by atoms with Crippen LogP contribution in [0.4, 0.5) is 17.1 Å². The molecule has 8 heteroatoms. The van der Waals surface area contributed by atoms with Crippen molar-refractivity contribution in [3.05, 3.63) is 70.8 Å². The molecule has 0 aliphatic carbocycles. The SMILES string of the molecule is CC(C)=CCCC(C)=CCCC(C)=CCN1C(=O)c2cccc(O)c2N(CC(=O)O)c2c(O)cc(O)cc21. The van der Waals surface area contributed by atoms with Crippen LogP contribution >= 0.6 is 0 Å². The molecule has 0 bridgehead atoms. The molecule has 1 amide bonds. The molecule has 0 spiro atoms. The number of phenols is 3. The number of rotatable bonds is 10. The van der Waals surface area contributed by atoms with Gasteiger partial charge in [0.25, 0.3) is 5.91 Å². The quantitative estimate of drug-likeness (QED) is 0.267. The first-order chi connectivity index (χ1) is 18.0. The van der Waals surface area contributed by atoms with Crippen LogP contribution in [-0.2, 0) is 4.79 Å². The van der Waals surface area contributed by atoms with E-state index in [1.54, 1.807) is 0 Å². The van der Waals surface area contributed by atoms with E-state index >= 15 is 0 Å². The van der Waals surface area contributed by atoms with Crippen molar-refractivity contribution in [2.75, 3.05) is 22.9 Å². The van der Waals surface area contributed by atoms with Crippen LogP contribution < -0.4 is 9.80 Å². The Kier molecular flexibility index (Phi) is 9.23. The van der Waals surface area contributed by atoms with Crippen molar-refractivity contribution in [3.63, 3.8) is 0 Å².